The number of nitrogens with zero attached hydrogens (tertiary/aromatic N) is 1. The van der Waals surface area contributed by atoms with Gasteiger partial charge in [-0.25, -0.2) is 4.98 Å². The standard InChI is InChI=1S/C10H12F3N3O.ClH/c11-10(12,13)6-5-7(17)16-8(15-6)9(14)3-1-2-4-9;/h5H,1-4,14H2,(H,15,16,17);1H. The molecule has 1 heterocycles. The van der Waals surface area contributed by atoms with E-state index in [1.807, 2.05) is 0 Å². The smallest absolute Gasteiger partial charge is 0.319 e. The lowest BCUT2D eigenvalue weighted by Crippen LogP contribution is -2.38. The molecule has 1 aliphatic rings. The quantitative estimate of drug-likeness (QED) is 0.827. The van der Waals surface area contributed by atoms with Crippen molar-refractivity contribution in [2.45, 2.75) is 37.4 Å². The molecule has 1 aliphatic carbocycles. The van der Waals surface area contributed by atoms with Crippen LogP contribution < -0.4 is 11.3 Å². The van der Waals surface area contributed by atoms with Crippen molar-refractivity contribution >= 4 is 12.4 Å². The van der Waals surface area contributed by atoms with Crippen molar-refractivity contribution in [3.63, 3.8) is 0 Å². The number of H-pyrrole nitrogens is 1. The van der Waals surface area contributed by atoms with E-state index in [4.69, 9.17) is 5.73 Å². The third-order valence-electron chi connectivity index (χ3n) is 3.00. The molecule has 3 N–H and O–H groups in total. The first-order valence-corrected chi connectivity index (χ1v) is 5.29. The van der Waals surface area contributed by atoms with Crippen LogP contribution in [0.3, 0.4) is 0 Å². The van der Waals surface area contributed by atoms with Crippen molar-refractivity contribution in [3.8, 4) is 0 Å². The molecule has 0 radical (unpaired) electrons. The fraction of sp³-hybridized carbons (Fsp3) is 0.600. The van der Waals surface area contributed by atoms with Crippen LogP contribution in [0.4, 0.5) is 13.2 Å². The van der Waals surface area contributed by atoms with Gasteiger partial charge in [0, 0.05) is 6.07 Å². The van der Waals surface area contributed by atoms with Gasteiger partial charge in [-0.15, -0.1) is 12.4 Å². The molecule has 0 aromatic carbocycles. The second-order valence-corrected chi connectivity index (χ2v) is 4.34. The molecule has 2 rings (SSSR count). The lowest BCUT2D eigenvalue weighted by Gasteiger charge is -2.22. The lowest BCUT2D eigenvalue weighted by atomic mass is 9.98. The summed E-state index contributed by atoms with van der Waals surface area (Å²) in [5.41, 5.74) is 3.02. The van der Waals surface area contributed by atoms with E-state index in [1.54, 1.807) is 0 Å². The number of halogens is 4. The molecule has 0 bridgehead atoms. The third kappa shape index (κ3) is 2.84. The maximum absolute atomic E-state index is 12.5. The van der Waals surface area contributed by atoms with E-state index >= 15 is 0 Å². The highest BCUT2D eigenvalue weighted by Gasteiger charge is 2.38. The average molecular weight is 284 g/mol. The predicted molar refractivity (Wildman–Crippen MR) is 61.4 cm³/mol. The van der Waals surface area contributed by atoms with Crippen LogP contribution in [-0.4, -0.2) is 9.97 Å². The van der Waals surface area contributed by atoms with E-state index in [1.165, 1.54) is 0 Å². The van der Waals surface area contributed by atoms with Gasteiger partial charge in [0.05, 0.1) is 5.54 Å². The number of aromatic nitrogens is 2. The van der Waals surface area contributed by atoms with Gasteiger partial charge in [-0.2, -0.15) is 13.2 Å². The number of aromatic amines is 1. The first-order chi connectivity index (χ1) is 7.81. The fourth-order valence-electron chi connectivity index (χ4n) is 2.08. The molecule has 1 fully saturated rings. The van der Waals surface area contributed by atoms with E-state index in [2.05, 4.69) is 9.97 Å². The molecule has 0 amide bonds. The van der Waals surface area contributed by atoms with Gasteiger partial charge in [0.15, 0.2) is 5.69 Å². The average Bonchev–Trinajstić information content (AvgIpc) is 2.64. The summed E-state index contributed by atoms with van der Waals surface area (Å²) in [5.74, 6) is -0.0603. The van der Waals surface area contributed by atoms with Gasteiger partial charge in [0.1, 0.15) is 5.82 Å². The highest BCUT2D eigenvalue weighted by molar-refractivity contribution is 5.85. The van der Waals surface area contributed by atoms with Gasteiger partial charge in [-0.1, -0.05) is 12.8 Å². The summed E-state index contributed by atoms with van der Waals surface area (Å²) < 4.78 is 37.5. The minimum Gasteiger partial charge on any atom is -0.319 e. The molecule has 0 aliphatic heterocycles. The lowest BCUT2D eigenvalue weighted by molar-refractivity contribution is -0.141. The Morgan fingerprint density at radius 3 is 2.39 bits per heavy atom. The van der Waals surface area contributed by atoms with Gasteiger partial charge in [0.25, 0.3) is 5.56 Å². The highest BCUT2D eigenvalue weighted by atomic mass is 35.5. The monoisotopic (exact) mass is 283 g/mol. The SMILES string of the molecule is Cl.NC1(c2nc(C(F)(F)F)cc(=O)[nH]2)CCCC1. The topological polar surface area (TPSA) is 71.8 Å². The zero-order valence-corrected chi connectivity index (χ0v) is 10.2. The van der Waals surface area contributed by atoms with E-state index in [0.717, 1.165) is 12.8 Å². The second kappa shape index (κ2) is 4.89. The van der Waals surface area contributed by atoms with Crippen LogP contribution in [0.15, 0.2) is 10.9 Å². The number of nitrogens with one attached hydrogen (secondary N) is 1. The van der Waals surface area contributed by atoms with Gasteiger partial charge >= 0.3 is 6.18 Å². The molecule has 0 saturated heterocycles. The Kier molecular flexibility index (Phi) is 4.07. The zero-order valence-electron chi connectivity index (χ0n) is 9.38. The summed E-state index contributed by atoms with van der Waals surface area (Å²) in [6, 6.07) is 0.446. The maximum atomic E-state index is 12.5. The van der Waals surface area contributed by atoms with Crippen LogP contribution in [0.2, 0.25) is 0 Å². The Morgan fingerprint density at radius 2 is 1.89 bits per heavy atom. The van der Waals surface area contributed by atoms with Crippen molar-refractivity contribution < 1.29 is 13.2 Å². The van der Waals surface area contributed by atoms with Crippen molar-refractivity contribution in [1.29, 1.82) is 0 Å². The van der Waals surface area contributed by atoms with E-state index in [9.17, 15) is 18.0 Å². The Balaban J connectivity index is 0.00000162. The minimum absolute atomic E-state index is 0. The predicted octanol–water partition coefficient (Wildman–Crippen LogP) is 1.94. The van der Waals surface area contributed by atoms with Crippen LogP contribution in [0.1, 0.15) is 37.2 Å². The van der Waals surface area contributed by atoms with E-state index in [-0.39, 0.29) is 18.2 Å². The molecule has 1 saturated carbocycles. The van der Waals surface area contributed by atoms with E-state index < -0.39 is 23.0 Å². The molecular weight excluding hydrogens is 271 g/mol. The summed E-state index contributed by atoms with van der Waals surface area (Å²) in [5, 5.41) is 0. The first kappa shape index (κ1) is 15.0. The van der Waals surface area contributed by atoms with Crippen LogP contribution in [0.25, 0.3) is 0 Å². The molecule has 102 valence electrons. The third-order valence-corrected chi connectivity index (χ3v) is 3.00. The largest absolute Gasteiger partial charge is 0.433 e. The highest BCUT2D eigenvalue weighted by Crippen LogP contribution is 2.35. The van der Waals surface area contributed by atoms with Gasteiger partial charge in [-0.3, -0.25) is 4.79 Å². The van der Waals surface area contributed by atoms with Gasteiger partial charge in [-0.05, 0) is 12.8 Å². The molecule has 1 aromatic heterocycles. The molecule has 0 atom stereocenters. The van der Waals surface area contributed by atoms with Crippen LogP contribution >= 0.6 is 12.4 Å². The van der Waals surface area contributed by atoms with Crippen LogP contribution in [-0.2, 0) is 11.7 Å². The zero-order chi connectivity index (χ0) is 12.7. The summed E-state index contributed by atoms with van der Waals surface area (Å²) in [6.07, 6.45) is -1.89. The summed E-state index contributed by atoms with van der Waals surface area (Å²) >= 11 is 0. The summed E-state index contributed by atoms with van der Waals surface area (Å²) in [7, 11) is 0. The number of hydrogen-bond donors (Lipinski definition) is 2. The van der Waals surface area contributed by atoms with Crippen molar-refractivity contribution in [1.82, 2.24) is 9.97 Å². The van der Waals surface area contributed by atoms with Crippen molar-refractivity contribution in [2.75, 3.05) is 0 Å². The molecule has 1 aromatic rings. The Hall–Kier alpha value is -1.08. The first-order valence-electron chi connectivity index (χ1n) is 5.29. The van der Waals surface area contributed by atoms with Crippen molar-refractivity contribution in [3.05, 3.63) is 27.9 Å². The Morgan fingerprint density at radius 1 is 1.33 bits per heavy atom. The molecule has 18 heavy (non-hydrogen) atoms. The second-order valence-electron chi connectivity index (χ2n) is 4.34. The summed E-state index contributed by atoms with van der Waals surface area (Å²) in [6.45, 7) is 0. The Labute approximate surface area is 107 Å². The molecule has 8 heteroatoms. The molecule has 0 unspecified atom stereocenters. The van der Waals surface area contributed by atoms with Crippen molar-refractivity contribution in [2.24, 2.45) is 5.73 Å². The van der Waals surface area contributed by atoms with Gasteiger partial charge in [0.2, 0.25) is 0 Å². The number of alkyl halides is 3. The Bertz CT molecular complexity index is 480. The number of nitrogens with two attached hydrogens (primary N) is 1. The normalized spacial score (nSPS) is 18.4. The maximum Gasteiger partial charge on any atom is 0.433 e. The number of rotatable bonds is 1. The summed E-state index contributed by atoms with van der Waals surface area (Å²) in [4.78, 5) is 17.0. The minimum atomic E-state index is -4.63. The fourth-order valence-corrected chi connectivity index (χ4v) is 2.08. The number of hydrogen-bond acceptors (Lipinski definition) is 3. The van der Waals surface area contributed by atoms with Crippen LogP contribution in [0.5, 0.6) is 0 Å². The van der Waals surface area contributed by atoms with Gasteiger partial charge < -0.3 is 10.7 Å². The van der Waals surface area contributed by atoms with Crippen LogP contribution in [0, 0.1) is 0 Å². The molecular formula is C10H13ClF3N3O. The van der Waals surface area contributed by atoms with E-state index in [0.29, 0.717) is 18.9 Å². The molecule has 0 spiro atoms. The molecule has 4 nitrogen and oxygen atoms in total.